The normalized spacial score (nSPS) is 18.5. The molecule has 2 saturated carbocycles. The van der Waals surface area contributed by atoms with Crippen LogP contribution in [0.4, 0.5) is 30.8 Å². The van der Waals surface area contributed by atoms with Gasteiger partial charge in [-0.1, -0.05) is 30.7 Å². The molecule has 0 aliphatic heterocycles. The van der Waals surface area contributed by atoms with E-state index in [9.17, 15) is 37.5 Å². The average Bonchev–Trinajstić information content (AvgIpc) is 3.86. The summed E-state index contributed by atoms with van der Waals surface area (Å²) in [7, 11) is 0. The minimum atomic E-state index is -4.64. The molecule has 5 rings (SSSR count). The minimum Gasteiger partial charge on any atom is -0.480 e. The number of ketones is 1. The molecule has 0 unspecified atom stereocenters. The molecule has 1 atom stereocenters. The Balaban J connectivity index is 1.20. The van der Waals surface area contributed by atoms with E-state index < -0.39 is 53.9 Å². The molecule has 3 aromatic rings. The first-order chi connectivity index (χ1) is 24.2. The summed E-state index contributed by atoms with van der Waals surface area (Å²) in [6, 6.07) is 10.7. The number of aromatic nitrogens is 3. The Labute approximate surface area is 296 Å². The van der Waals surface area contributed by atoms with Crippen molar-refractivity contribution in [1.29, 1.82) is 0 Å². The van der Waals surface area contributed by atoms with Crippen LogP contribution < -0.4 is 26.0 Å². The number of halogens is 4. The predicted molar refractivity (Wildman–Crippen MR) is 180 cm³/mol. The number of hydrogen-bond donors (Lipinski definition) is 5. The van der Waals surface area contributed by atoms with E-state index in [0.29, 0.717) is 29.5 Å². The molecule has 2 aliphatic rings. The SMILES string of the molecule is CC1CCC(NC(=O)C(=O)CC[C@H](NC(=O)c2ccc(Nc3nc(NC4(c5ccc(Cl)cc5)CC4)nc(OCC(F)(F)F)n3)cc2)C(=O)O)CC1. The summed E-state index contributed by atoms with van der Waals surface area (Å²) in [6.45, 7) is 0.507. The van der Waals surface area contributed by atoms with E-state index in [0.717, 1.165) is 31.2 Å². The number of carbonyl (C=O) groups excluding carboxylic acids is 3. The third-order valence-corrected chi connectivity index (χ3v) is 9.00. The van der Waals surface area contributed by atoms with Crippen LogP contribution >= 0.6 is 11.6 Å². The van der Waals surface area contributed by atoms with E-state index in [-0.39, 0.29) is 36.3 Å². The van der Waals surface area contributed by atoms with Crippen LogP contribution in [-0.2, 0) is 19.9 Å². The second kappa shape index (κ2) is 15.9. The molecule has 0 spiro atoms. The van der Waals surface area contributed by atoms with Gasteiger partial charge in [0.1, 0.15) is 6.04 Å². The maximum absolute atomic E-state index is 12.9. The fraction of sp³-hybridized carbons (Fsp3) is 0.441. The number of carboxylic acid groups (broad SMARTS) is 1. The number of carboxylic acids is 1. The van der Waals surface area contributed by atoms with Crippen LogP contribution in [0.3, 0.4) is 0 Å². The number of carbonyl (C=O) groups is 4. The number of rotatable bonds is 15. The molecule has 0 saturated heterocycles. The van der Waals surface area contributed by atoms with Gasteiger partial charge in [0.15, 0.2) is 6.61 Å². The number of hydrogen-bond acceptors (Lipinski definition) is 10. The maximum atomic E-state index is 12.9. The summed E-state index contributed by atoms with van der Waals surface area (Å²) in [6.07, 6.45) is -0.421. The molecule has 2 aromatic carbocycles. The summed E-state index contributed by atoms with van der Waals surface area (Å²) in [5.74, 6) is -3.25. The van der Waals surface area contributed by atoms with E-state index in [1.807, 2.05) is 12.1 Å². The summed E-state index contributed by atoms with van der Waals surface area (Å²) in [5.41, 5.74) is 0.748. The lowest BCUT2D eigenvalue weighted by atomic mass is 9.87. The maximum Gasteiger partial charge on any atom is 0.422 e. The largest absolute Gasteiger partial charge is 0.480 e. The zero-order chi connectivity index (χ0) is 36.8. The molecular formula is C34H37ClF3N7O6. The summed E-state index contributed by atoms with van der Waals surface area (Å²) in [4.78, 5) is 61.8. The van der Waals surface area contributed by atoms with Gasteiger partial charge in [0.25, 0.3) is 11.8 Å². The van der Waals surface area contributed by atoms with Crippen molar-refractivity contribution < 1.29 is 42.2 Å². The molecule has 0 radical (unpaired) electrons. The zero-order valence-electron chi connectivity index (χ0n) is 27.6. The third-order valence-electron chi connectivity index (χ3n) is 8.75. The van der Waals surface area contributed by atoms with E-state index in [4.69, 9.17) is 16.3 Å². The molecule has 13 nitrogen and oxygen atoms in total. The monoisotopic (exact) mass is 731 g/mol. The molecule has 2 amide bonds. The van der Waals surface area contributed by atoms with E-state index in [1.54, 1.807) is 12.1 Å². The first-order valence-electron chi connectivity index (χ1n) is 16.4. The quantitative estimate of drug-likeness (QED) is 0.124. The molecule has 2 fully saturated rings. The van der Waals surface area contributed by atoms with Crippen molar-refractivity contribution in [3.63, 3.8) is 0 Å². The van der Waals surface area contributed by atoms with Gasteiger partial charge in [0.05, 0.1) is 5.54 Å². The molecule has 2 aliphatic carbocycles. The van der Waals surface area contributed by atoms with Gasteiger partial charge in [-0.15, -0.1) is 0 Å². The second-order valence-corrected chi connectivity index (χ2v) is 13.3. The van der Waals surface area contributed by atoms with E-state index in [1.165, 1.54) is 24.3 Å². The lowest BCUT2D eigenvalue weighted by molar-refractivity contribution is -0.154. The Morgan fingerprint density at radius 3 is 2.22 bits per heavy atom. The highest BCUT2D eigenvalue weighted by molar-refractivity contribution is 6.36. The highest BCUT2D eigenvalue weighted by Gasteiger charge is 2.45. The molecule has 272 valence electrons. The van der Waals surface area contributed by atoms with Crippen molar-refractivity contribution in [1.82, 2.24) is 25.6 Å². The highest BCUT2D eigenvalue weighted by Crippen LogP contribution is 2.48. The van der Waals surface area contributed by atoms with Crippen LogP contribution in [0.1, 0.15) is 74.2 Å². The molecule has 5 N–H and O–H groups in total. The van der Waals surface area contributed by atoms with Crippen LogP contribution in [0.2, 0.25) is 5.02 Å². The van der Waals surface area contributed by atoms with Crippen molar-refractivity contribution in [3.8, 4) is 6.01 Å². The fourth-order valence-corrected chi connectivity index (χ4v) is 5.79. The fourth-order valence-electron chi connectivity index (χ4n) is 5.67. The summed E-state index contributed by atoms with van der Waals surface area (Å²) < 4.78 is 43.6. The first-order valence-corrected chi connectivity index (χ1v) is 16.8. The second-order valence-electron chi connectivity index (χ2n) is 12.8. The highest BCUT2D eigenvalue weighted by atomic mass is 35.5. The van der Waals surface area contributed by atoms with Crippen molar-refractivity contribution in [2.24, 2.45) is 5.92 Å². The molecule has 1 aromatic heterocycles. The number of Topliss-reactive ketones (excluding diaryl/α,β-unsaturated/α-hetero) is 1. The molecular weight excluding hydrogens is 695 g/mol. The van der Waals surface area contributed by atoms with Gasteiger partial charge >= 0.3 is 18.2 Å². The summed E-state index contributed by atoms with van der Waals surface area (Å²) >= 11 is 6.02. The van der Waals surface area contributed by atoms with Crippen LogP contribution in [-0.4, -0.2) is 68.5 Å². The van der Waals surface area contributed by atoms with Crippen LogP contribution in [0.25, 0.3) is 0 Å². The Morgan fingerprint density at radius 1 is 0.961 bits per heavy atom. The summed E-state index contributed by atoms with van der Waals surface area (Å²) in [5, 5.41) is 21.3. The molecule has 1 heterocycles. The van der Waals surface area contributed by atoms with Crippen molar-refractivity contribution in [2.45, 2.75) is 82.1 Å². The van der Waals surface area contributed by atoms with Crippen LogP contribution in [0.15, 0.2) is 48.5 Å². The number of alkyl halides is 3. The predicted octanol–water partition coefficient (Wildman–Crippen LogP) is 5.54. The number of ether oxygens (including phenoxy) is 1. The topological polar surface area (TPSA) is 185 Å². The third kappa shape index (κ3) is 10.7. The van der Waals surface area contributed by atoms with Gasteiger partial charge in [-0.05, 0) is 92.8 Å². The van der Waals surface area contributed by atoms with Crippen LogP contribution in [0.5, 0.6) is 6.01 Å². The first kappa shape index (κ1) is 37.3. The lowest BCUT2D eigenvalue weighted by Gasteiger charge is -2.26. The van der Waals surface area contributed by atoms with Gasteiger partial charge in [0, 0.05) is 28.7 Å². The van der Waals surface area contributed by atoms with Gasteiger partial charge < -0.3 is 31.1 Å². The molecule has 51 heavy (non-hydrogen) atoms. The molecule has 17 heteroatoms. The zero-order valence-corrected chi connectivity index (χ0v) is 28.3. The minimum absolute atomic E-state index is 0.0348. The van der Waals surface area contributed by atoms with E-state index >= 15 is 0 Å². The van der Waals surface area contributed by atoms with Crippen molar-refractivity contribution >= 4 is 52.8 Å². The number of nitrogens with zero attached hydrogens (tertiary/aromatic N) is 3. The Bertz CT molecular complexity index is 1730. The van der Waals surface area contributed by atoms with Gasteiger partial charge in [-0.2, -0.15) is 28.1 Å². The number of nitrogens with one attached hydrogen (secondary N) is 4. The average molecular weight is 732 g/mol. The standard InChI is InChI=1S/C34H37ClF3N7O6/c1-19-2-10-23(11-3-19)39-28(48)26(46)15-14-25(29(49)50)41-27(47)20-4-12-24(13-5-20)40-30-42-31(44-32(43-30)51-18-34(36,37)38)45-33(16-17-33)21-6-8-22(35)9-7-21/h4-9,12-13,19,23,25H,2-3,10-11,14-18H2,1H3,(H,39,48)(H,41,47)(H,49,50)(H2,40,42,43,44,45)/t19?,23?,25-/m0/s1. The van der Waals surface area contributed by atoms with Crippen molar-refractivity contribution in [2.75, 3.05) is 17.2 Å². The van der Waals surface area contributed by atoms with Gasteiger partial charge in [-0.25, -0.2) is 4.79 Å². The van der Waals surface area contributed by atoms with E-state index in [2.05, 4.69) is 43.1 Å². The van der Waals surface area contributed by atoms with Crippen molar-refractivity contribution in [3.05, 3.63) is 64.7 Å². The molecule has 0 bridgehead atoms. The lowest BCUT2D eigenvalue weighted by Crippen LogP contribution is -2.43. The Morgan fingerprint density at radius 2 is 1.61 bits per heavy atom. The Hall–Kier alpha value is -4.99. The number of benzene rings is 2. The van der Waals surface area contributed by atoms with Crippen LogP contribution in [0, 0.1) is 5.92 Å². The van der Waals surface area contributed by atoms with Gasteiger partial charge in [0.2, 0.25) is 17.7 Å². The number of anilines is 3. The Kier molecular flexibility index (Phi) is 11.6. The number of aliphatic carboxylic acids is 1. The number of amides is 2. The smallest absolute Gasteiger partial charge is 0.422 e. The van der Waals surface area contributed by atoms with Gasteiger partial charge in [-0.3, -0.25) is 14.4 Å².